The highest BCUT2D eigenvalue weighted by atomic mass is 32.2. The summed E-state index contributed by atoms with van der Waals surface area (Å²) in [6, 6.07) is 12.9. The summed E-state index contributed by atoms with van der Waals surface area (Å²) in [5.74, 6) is -1.09. The lowest BCUT2D eigenvalue weighted by atomic mass is 9.79. The molecule has 1 saturated carbocycles. The van der Waals surface area contributed by atoms with Crippen LogP contribution >= 0.6 is 0 Å². The molecular formula is C20H17NO5S. The number of fused-ring (bicyclic) bond motifs is 1. The van der Waals surface area contributed by atoms with Crippen molar-refractivity contribution in [3.05, 3.63) is 65.4 Å². The van der Waals surface area contributed by atoms with Gasteiger partial charge in [0, 0.05) is 18.2 Å². The molecule has 0 atom stereocenters. The van der Waals surface area contributed by atoms with Crippen LogP contribution in [0.4, 0.5) is 0 Å². The molecule has 7 heteroatoms. The number of rotatable bonds is 4. The van der Waals surface area contributed by atoms with Crippen LogP contribution in [0.3, 0.4) is 0 Å². The van der Waals surface area contributed by atoms with E-state index in [4.69, 9.17) is 0 Å². The van der Waals surface area contributed by atoms with E-state index >= 15 is 0 Å². The first-order chi connectivity index (χ1) is 12.8. The third kappa shape index (κ3) is 2.84. The molecule has 0 amide bonds. The van der Waals surface area contributed by atoms with Gasteiger partial charge in [0.2, 0.25) is 0 Å². The molecule has 6 nitrogen and oxygen atoms in total. The van der Waals surface area contributed by atoms with E-state index in [1.165, 1.54) is 18.2 Å². The molecule has 1 N–H and O–H groups in total. The minimum atomic E-state index is -4.09. The predicted octanol–water partition coefficient (Wildman–Crippen LogP) is 3.33. The maximum absolute atomic E-state index is 13.2. The van der Waals surface area contributed by atoms with Crippen molar-refractivity contribution in [2.75, 3.05) is 0 Å². The Balaban J connectivity index is 1.95. The minimum absolute atomic E-state index is 0.0253. The lowest BCUT2D eigenvalue weighted by Crippen LogP contribution is -2.21. The Morgan fingerprint density at radius 3 is 2.33 bits per heavy atom. The van der Waals surface area contributed by atoms with Crippen LogP contribution in [0.1, 0.15) is 40.4 Å². The number of nitrogens with zero attached hydrogens (tertiary/aromatic N) is 1. The largest absolute Gasteiger partial charge is 0.477 e. The number of Topliss-reactive ketones (excluding diaryl/α,β-unsaturated/α-hetero) is 1. The first-order valence-corrected chi connectivity index (χ1v) is 9.94. The summed E-state index contributed by atoms with van der Waals surface area (Å²) in [4.78, 5) is 23.0. The minimum Gasteiger partial charge on any atom is -0.477 e. The van der Waals surface area contributed by atoms with Crippen molar-refractivity contribution < 1.29 is 23.1 Å². The van der Waals surface area contributed by atoms with Gasteiger partial charge in [-0.15, -0.1) is 0 Å². The number of carbonyl (C=O) groups is 2. The van der Waals surface area contributed by atoms with Crippen LogP contribution in [0.5, 0.6) is 0 Å². The van der Waals surface area contributed by atoms with E-state index in [-0.39, 0.29) is 22.3 Å². The second-order valence-corrected chi connectivity index (χ2v) is 8.67. The average Bonchev–Trinajstić information content (AvgIpc) is 2.99. The first kappa shape index (κ1) is 17.5. The predicted molar refractivity (Wildman–Crippen MR) is 99.6 cm³/mol. The molecule has 2 aromatic carbocycles. The van der Waals surface area contributed by atoms with Crippen molar-refractivity contribution >= 4 is 32.7 Å². The number of benzene rings is 2. The van der Waals surface area contributed by atoms with Gasteiger partial charge in [0.05, 0.1) is 10.4 Å². The first-order valence-electron chi connectivity index (χ1n) is 8.50. The maximum atomic E-state index is 13.2. The molecule has 3 aromatic rings. The summed E-state index contributed by atoms with van der Waals surface area (Å²) in [7, 11) is -4.09. The van der Waals surface area contributed by atoms with Gasteiger partial charge in [0.15, 0.2) is 0 Å². The van der Waals surface area contributed by atoms with Crippen LogP contribution in [0.15, 0.2) is 53.4 Å². The van der Waals surface area contributed by atoms with Crippen molar-refractivity contribution in [1.29, 1.82) is 0 Å². The van der Waals surface area contributed by atoms with Crippen LogP contribution in [-0.4, -0.2) is 29.2 Å². The van der Waals surface area contributed by atoms with Gasteiger partial charge in [0.1, 0.15) is 11.5 Å². The maximum Gasteiger partial charge on any atom is 0.353 e. The highest BCUT2D eigenvalue weighted by molar-refractivity contribution is 7.90. The number of aryl methyl sites for hydroxylation is 1. The highest BCUT2D eigenvalue weighted by Gasteiger charge is 2.30. The molecule has 1 aliphatic carbocycles. The Kier molecular flexibility index (Phi) is 3.92. The van der Waals surface area contributed by atoms with Crippen LogP contribution in [0.2, 0.25) is 0 Å². The summed E-state index contributed by atoms with van der Waals surface area (Å²) in [6.07, 6.45) is 0.866. The van der Waals surface area contributed by atoms with E-state index in [2.05, 4.69) is 0 Å². The van der Waals surface area contributed by atoms with E-state index in [9.17, 15) is 23.1 Å². The lowest BCUT2D eigenvalue weighted by Gasteiger charge is -2.24. The van der Waals surface area contributed by atoms with E-state index in [1.54, 1.807) is 24.3 Å². The van der Waals surface area contributed by atoms with Gasteiger partial charge in [-0.3, -0.25) is 4.79 Å². The molecule has 138 valence electrons. The Labute approximate surface area is 156 Å². The molecule has 1 aromatic heterocycles. The monoisotopic (exact) mass is 383 g/mol. The number of carbonyl (C=O) groups excluding carboxylic acids is 1. The number of ketones is 1. The number of hydrogen-bond donors (Lipinski definition) is 1. The van der Waals surface area contributed by atoms with Gasteiger partial charge in [-0.05, 0) is 42.7 Å². The van der Waals surface area contributed by atoms with Gasteiger partial charge >= 0.3 is 5.97 Å². The summed E-state index contributed by atoms with van der Waals surface area (Å²) >= 11 is 0. The molecule has 0 saturated heterocycles. The van der Waals surface area contributed by atoms with Gasteiger partial charge in [-0.2, -0.15) is 0 Å². The molecule has 27 heavy (non-hydrogen) atoms. The van der Waals surface area contributed by atoms with E-state index in [0.717, 1.165) is 15.1 Å². The third-order valence-corrected chi connectivity index (χ3v) is 6.72. The van der Waals surface area contributed by atoms with Crippen LogP contribution < -0.4 is 0 Å². The number of carboxylic acid groups (broad SMARTS) is 1. The molecule has 1 heterocycles. The fourth-order valence-corrected chi connectivity index (χ4v) is 4.89. The topological polar surface area (TPSA) is 93.4 Å². The summed E-state index contributed by atoms with van der Waals surface area (Å²) in [5.41, 5.74) is 1.75. The SMILES string of the molecule is Cc1ccc(S(=O)(=O)n2c(C(=O)O)cc3ccc(C4CC(=O)C4)cc32)cc1. The second-order valence-electron chi connectivity index (χ2n) is 6.88. The quantitative estimate of drug-likeness (QED) is 0.746. The summed E-state index contributed by atoms with van der Waals surface area (Å²) < 4.78 is 27.3. The molecular weight excluding hydrogens is 366 g/mol. The van der Waals surface area contributed by atoms with E-state index < -0.39 is 16.0 Å². The average molecular weight is 383 g/mol. The van der Waals surface area contributed by atoms with Crippen LogP contribution in [-0.2, 0) is 14.8 Å². The Bertz CT molecular complexity index is 1180. The van der Waals surface area contributed by atoms with Crippen molar-refractivity contribution in [3.8, 4) is 0 Å². The molecule has 0 bridgehead atoms. The van der Waals surface area contributed by atoms with Gasteiger partial charge in [-0.1, -0.05) is 29.8 Å². The van der Waals surface area contributed by atoms with Crippen molar-refractivity contribution in [2.24, 2.45) is 0 Å². The third-order valence-electron chi connectivity index (χ3n) is 4.98. The van der Waals surface area contributed by atoms with Crippen molar-refractivity contribution in [1.82, 2.24) is 3.97 Å². The van der Waals surface area contributed by atoms with E-state index in [1.807, 2.05) is 13.0 Å². The van der Waals surface area contributed by atoms with Crippen molar-refractivity contribution in [3.63, 3.8) is 0 Å². The Morgan fingerprint density at radius 1 is 1.07 bits per heavy atom. The van der Waals surface area contributed by atoms with Gasteiger partial charge < -0.3 is 5.11 Å². The van der Waals surface area contributed by atoms with Gasteiger partial charge in [-0.25, -0.2) is 17.2 Å². The molecule has 4 rings (SSSR count). The zero-order valence-electron chi connectivity index (χ0n) is 14.5. The zero-order valence-corrected chi connectivity index (χ0v) is 15.4. The Morgan fingerprint density at radius 2 is 1.74 bits per heavy atom. The number of carboxylic acids is 1. The smallest absolute Gasteiger partial charge is 0.353 e. The molecule has 0 radical (unpaired) electrons. The van der Waals surface area contributed by atoms with E-state index in [0.29, 0.717) is 23.7 Å². The lowest BCUT2D eigenvalue weighted by molar-refractivity contribution is -0.124. The van der Waals surface area contributed by atoms with Crippen LogP contribution in [0.25, 0.3) is 10.9 Å². The van der Waals surface area contributed by atoms with Gasteiger partial charge in [0.25, 0.3) is 10.0 Å². The molecule has 0 aliphatic heterocycles. The fraction of sp³-hybridized carbons (Fsp3) is 0.200. The Hall–Kier alpha value is -2.93. The summed E-state index contributed by atoms with van der Waals surface area (Å²) in [5, 5.41) is 10.1. The zero-order chi connectivity index (χ0) is 19.3. The number of aromatic carboxylic acids is 1. The normalized spacial score (nSPS) is 15.1. The number of aromatic nitrogens is 1. The fourth-order valence-electron chi connectivity index (χ4n) is 3.40. The standard InChI is InChI=1S/C20H17NO5S/c1-12-2-6-17(7-3-12)27(25,26)21-18-10-13(15-8-16(22)9-15)4-5-14(18)11-19(21)20(23)24/h2-7,10-11,15H,8-9H2,1H3,(H,23,24). The second kappa shape index (κ2) is 6.06. The number of hydrogen-bond acceptors (Lipinski definition) is 4. The molecule has 0 spiro atoms. The van der Waals surface area contributed by atoms with Crippen LogP contribution in [0, 0.1) is 6.92 Å². The molecule has 0 unspecified atom stereocenters. The molecule has 1 fully saturated rings. The highest BCUT2D eigenvalue weighted by Crippen LogP contribution is 2.36. The summed E-state index contributed by atoms with van der Waals surface area (Å²) in [6.45, 7) is 1.84. The van der Waals surface area contributed by atoms with Crippen molar-refractivity contribution in [2.45, 2.75) is 30.6 Å². The molecule has 1 aliphatic rings.